The fraction of sp³-hybridized carbons (Fsp3) is 0.389. The molecule has 0 bridgehead atoms. The summed E-state index contributed by atoms with van der Waals surface area (Å²) in [5, 5.41) is 13.6. The first kappa shape index (κ1) is 15.7. The number of para-hydroxylation sites is 1. The highest BCUT2D eigenvalue weighted by molar-refractivity contribution is 5.41. The van der Waals surface area contributed by atoms with Crippen LogP contribution in [0.4, 0.5) is 10.2 Å². The van der Waals surface area contributed by atoms with Crippen LogP contribution in [-0.4, -0.2) is 29.2 Å². The molecule has 0 spiro atoms. The third-order valence-corrected chi connectivity index (χ3v) is 4.38. The van der Waals surface area contributed by atoms with E-state index in [0.29, 0.717) is 11.6 Å². The second-order valence-corrected chi connectivity index (χ2v) is 5.93. The number of aromatic hydroxyl groups is 1. The zero-order valence-corrected chi connectivity index (χ0v) is 13.2. The maximum absolute atomic E-state index is 13.9. The normalized spacial score (nSPS) is 19.0. The van der Waals surface area contributed by atoms with Crippen molar-refractivity contribution in [2.45, 2.75) is 31.8 Å². The molecule has 0 radical (unpaired) electrons. The molecule has 1 saturated heterocycles. The standard InChI is InChI=1S/C18H22FN3O/c1-2-16(14-6-3-4-8-17(14)23)21-13-9-11-22(12-13)18-15(19)7-5-10-20-18/h3-8,10,13,16,21,23H,2,9,11-12H2,1H3/t13-,16+/m0/s1. The van der Waals surface area contributed by atoms with Gasteiger partial charge in [-0.05, 0) is 31.0 Å². The van der Waals surface area contributed by atoms with Gasteiger partial charge >= 0.3 is 0 Å². The van der Waals surface area contributed by atoms with Crippen LogP contribution in [0.5, 0.6) is 5.75 Å². The van der Waals surface area contributed by atoms with Gasteiger partial charge in [-0.1, -0.05) is 25.1 Å². The number of pyridine rings is 1. The number of hydrogen-bond acceptors (Lipinski definition) is 4. The lowest BCUT2D eigenvalue weighted by molar-refractivity contribution is 0.415. The number of phenols is 1. The Bertz CT molecular complexity index is 664. The van der Waals surface area contributed by atoms with E-state index in [1.807, 2.05) is 23.1 Å². The first-order valence-electron chi connectivity index (χ1n) is 8.08. The van der Waals surface area contributed by atoms with Gasteiger partial charge < -0.3 is 15.3 Å². The number of rotatable bonds is 5. The number of nitrogens with one attached hydrogen (secondary N) is 1. The van der Waals surface area contributed by atoms with Crippen molar-refractivity contribution in [2.75, 3.05) is 18.0 Å². The van der Waals surface area contributed by atoms with Crippen molar-refractivity contribution in [2.24, 2.45) is 0 Å². The first-order valence-corrected chi connectivity index (χ1v) is 8.08. The minimum absolute atomic E-state index is 0.0923. The molecule has 5 heteroatoms. The molecule has 2 aromatic rings. The van der Waals surface area contributed by atoms with E-state index in [1.54, 1.807) is 18.3 Å². The lowest BCUT2D eigenvalue weighted by Crippen LogP contribution is -2.35. The molecule has 2 atom stereocenters. The van der Waals surface area contributed by atoms with Gasteiger partial charge in [-0.25, -0.2) is 9.37 Å². The minimum atomic E-state index is -0.277. The molecule has 1 aromatic carbocycles. The van der Waals surface area contributed by atoms with Gasteiger partial charge in [0.05, 0.1) is 0 Å². The van der Waals surface area contributed by atoms with Gasteiger partial charge in [0.15, 0.2) is 11.6 Å². The highest BCUT2D eigenvalue weighted by atomic mass is 19.1. The molecular weight excluding hydrogens is 293 g/mol. The van der Waals surface area contributed by atoms with Crippen LogP contribution in [0.25, 0.3) is 0 Å². The Morgan fingerprint density at radius 2 is 2.17 bits per heavy atom. The largest absolute Gasteiger partial charge is 0.508 e. The van der Waals surface area contributed by atoms with Crippen molar-refractivity contribution in [1.82, 2.24) is 10.3 Å². The van der Waals surface area contributed by atoms with Crippen molar-refractivity contribution in [1.29, 1.82) is 0 Å². The molecule has 23 heavy (non-hydrogen) atoms. The van der Waals surface area contributed by atoms with Gasteiger partial charge in [-0.3, -0.25) is 0 Å². The van der Waals surface area contributed by atoms with E-state index >= 15 is 0 Å². The molecule has 1 aliphatic rings. The van der Waals surface area contributed by atoms with Gasteiger partial charge in [0.2, 0.25) is 0 Å². The number of aromatic nitrogens is 1. The smallest absolute Gasteiger partial charge is 0.165 e. The predicted molar refractivity (Wildman–Crippen MR) is 89.1 cm³/mol. The molecule has 0 unspecified atom stereocenters. The van der Waals surface area contributed by atoms with E-state index in [9.17, 15) is 9.50 Å². The van der Waals surface area contributed by atoms with Crippen LogP contribution in [0.2, 0.25) is 0 Å². The molecule has 0 amide bonds. The minimum Gasteiger partial charge on any atom is -0.508 e. The summed E-state index contributed by atoms with van der Waals surface area (Å²) in [6, 6.07) is 10.8. The van der Waals surface area contributed by atoms with E-state index in [1.165, 1.54) is 6.07 Å². The van der Waals surface area contributed by atoms with E-state index < -0.39 is 0 Å². The zero-order valence-electron chi connectivity index (χ0n) is 13.2. The van der Waals surface area contributed by atoms with Crippen molar-refractivity contribution in [3.05, 3.63) is 54.0 Å². The fourth-order valence-electron chi connectivity index (χ4n) is 3.19. The molecule has 122 valence electrons. The van der Waals surface area contributed by atoms with Crippen molar-refractivity contribution < 1.29 is 9.50 Å². The molecule has 1 aliphatic heterocycles. The summed E-state index contributed by atoms with van der Waals surface area (Å²) in [5.41, 5.74) is 0.914. The van der Waals surface area contributed by atoms with Crippen LogP contribution in [0.15, 0.2) is 42.6 Å². The fourth-order valence-corrected chi connectivity index (χ4v) is 3.19. The number of benzene rings is 1. The maximum Gasteiger partial charge on any atom is 0.165 e. The van der Waals surface area contributed by atoms with E-state index in [0.717, 1.165) is 31.5 Å². The molecular formula is C18H22FN3O. The van der Waals surface area contributed by atoms with Gasteiger partial charge in [-0.15, -0.1) is 0 Å². The number of anilines is 1. The van der Waals surface area contributed by atoms with Gasteiger partial charge in [-0.2, -0.15) is 0 Å². The summed E-state index contributed by atoms with van der Waals surface area (Å²) in [5.74, 6) is 0.464. The van der Waals surface area contributed by atoms with Crippen molar-refractivity contribution in [3.8, 4) is 5.75 Å². The van der Waals surface area contributed by atoms with Crippen LogP contribution < -0.4 is 10.2 Å². The molecule has 2 N–H and O–H groups in total. The predicted octanol–water partition coefficient (Wildman–Crippen LogP) is 3.25. The van der Waals surface area contributed by atoms with Crippen LogP contribution in [0.3, 0.4) is 0 Å². The maximum atomic E-state index is 13.9. The summed E-state index contributed by atoms with van der Waals surface area (Å²) >= 11 is 0. The van der Waals surface area contributed by atoms with Crippen molar-refractivity contribution >= 4 is 5.82 Å². The molecule has 1 aromatic heterocycles. The topological polar surface area (TPSA) is 48.4 Å². The summed E-state index contributed by atoms with van der Waals surface area (Å²) in [6.07, 6.45) is 3.43. The quantitative estimate of drug-likeness (QED) is 0.889. The average Bonchev–Trinajstić information content (AvgIpc) is 3.02. The Balaban J connectivity index is 1.67. The lowest BCUT2D eigenvalue weighted by atomic mass is 10.0. The molecule has 0 saturated carbocycles. The Labute approximate surface area is 136 Å². The summed E-state index contributed by atoms with van der Waals surface area (Å²) in [4.78, 5) is 6.13. The number of phenolic OH excluding ortho intramolecular Hbond substituents is 1. The Morgan fingerprint density at radius 3 is 2.91 bits per heavy atom. The molecule has 0 aliphatic carbocycles. The zero-order chi connectivity index (χ0) is 16.2. The van der Waals surface area contributed by atoms with E-state index in [4.69, 9.17) is 0 Å². The third-order valence-electron chi connectivity index (χ3n) is 4.38. The molecule has 4 nitrogen and oxygen atoms in total. The number of hydrogen-bond donors (Lipinski definition) is 2. The van der Waals surface area contributed by atoms with Crippen LogP contribution in [-0.2, 0) is 0 Å². The molecule has 2 heterocycles. The van der Waals surface area contributed by atoms with Gasteiger partial charge in [0.1, 0.15) is 5.75 Å². The van der Waals surface area contributed by atoms with Crippen LogP contribution >= 0.6 is 0 Å². The van der Waals surface area contributed by atoms with E-state index in [-0.39, 0.29) is 17.9 Å². The Hall–Kier alpha value is -2.14. The summed E-state index contributed by atoms with van der Waals surface area (Å²) in [7, 11) is 0. The second-order valence-electron chi connectivity index (χ2n) is 5.93. The summed E-state index contributed by atoms with van der Waals surface area (Å²) < 4.78 is 13.9. The SMILES string of the molecule is CC[C@@H](N[C@H]1CCN(c2ncccc2F)C1)c1ccccc1O. The van der Waals surface area contributed by atoms with Gasteiger partial charge in [0, 0.05) is 36.9 Å². The Morgan fingerprint density at radius 1 is 1.35 bits per heavy atom. The highest BCUT2D eigenvalue weighted by Gasteiger charge is 2.27. The lowest BCUT2D eigenvalue weighted by Gasteiger charge is -2.24. The van der Waals surface area contributed by atoms with Crippen LogP contribution in [0, 0.1) is 5.82 Å². The van der Waals surface area contributed by atoms with Crippen LogP contribution in [0.1, 0.15) is 31.4 Å². The van der Waals surface area contributed by atoms with Crippen molar-refractivity contribution in [3.63, 3.8) is 0 Å². The molecule has 3 rings (SSSR count). The number of halogens is 1. The second kappa shape index (κ2) is 6.96. The third kappa shape index (κ3) is 3.45. The first-order chi connectivity index (χ1) is 11.2. The average molecular weight is 315 g/mol. The summed E-state index contributed by atoms with van der Waals surface area (Å²) in [6.45, 7) is 3.59. The van der Waals surface area contributed by atoms with E-state index in [2.05, 4.69) is 17.2 Å². The monoisotopic (exact) mass is 315 g/mol. The van der Waals surface area contributed by atoms with Gasteiger partial charge in [0.25, 0.3) is 0 Å². The Kier molecular flexibility index (Phi) is 4.76. The number of nitrogens with zero attached hydrogens (tertiary/aromatic N) is 2. The molecule has 1 fully saturated rings. The highest BCUT2D eigenvalue weighted by Crippen LogP contribution is 2.28.